The molecule has 2 heterocycles. The number of hydrogen-bond acceptors (Lipinski definition) is 5. The molecule has 1 amide bonds. The van der Waals surface area contributed by atoms with E-state index in [1.165, 1.54) is 11.8 Å². The second kappa shape index (κ2) is 8.53. The first-order valence-electron chi connectivity index (χ1n) is 9.50. The third-order valence-corrected chi connectivity index (χ3v) is 5.74. The molecule has 2 aromatic carbocycles. The van der Waals surface area contributed by atoms with Crippen LogP contribution in [0.25, 0.3) is 0 Å². The molecular weight excluding hydrogens is 386 g/mol. The summed E-state index contributed by atoms with van der Waals surface area (Å²) in [7, 11) is 0. The third kappa shape index (κ3) is 4.51. The Morgan fingerprint density at radius 1 is 1.17 bits per heavy atom. The zero-order chi connectivity index (χ0) is 20.2. The summed E-state index contributed by atoms with van der Waals surface area (Å²) in [5.74, 6) is 1.99. The van der Waals surface area contributed by atoms with Gasteiger partial charge in [-0.2, -0.15) is 0 Å². The third-order valence-electron chi connectivity index (χ3n) is 4.64. The summed E-state index contributed by atoms with van der Waals surface area (Å²) >= 11 is 1.53. The van der Waals surface area contributed by atoms with E-state index in [1.54, 1.807) is 22.8 Å². The van der Waals surface area contributed by atoms with Crippen molar-refractivity contribution in [3.8, 4) is 11.5 Å². The molecule has 0 saturated carbocycles. The number of para-hydroxylation sites is 1. The predicted molar refractivity (Wildman–Crippen MR) is 114 cm³/mol. The minimum absolute atomic E-state index is 0.0861. The van der Waals surface area contributed by atoms with Gasteiger partial charge in [0.1, 0.15) is 11.5 Å². The number of benzene rings is 2. The molecule has 6 nitrogen and oxygen atoms in total. The summed E-state index contributed by atoms with van der Waals surface area (Å²) < 4.78 is 7.40. The number of amides is 1. The van der Waals surface area contributed by atoms with Crippen molar-refractivity contribution in [2.24, 2.45) is 0 Å². The molecule has 0 radical (unpaired) electrons. The highest BCUT2D eigenvalue weighted by molar-refractivity contribution is 7.99. The maximum atomic E-state index is 12.5. The van der Waals surface area contributed by atoms with E-state index < -0.39 is 0 Å². The van der Waals surface area contributed by atoms with Gasteiger partial charge in [-0.15, -0.1) is 0 Å². The Balaban J connectivity index is 1.38. The van der Waals surface area contributed by atoms with Gasteiger partial charge in [-0.1, -0.05) is 36.9 Å². The average molecular weight is 407 g/mol. The number of thioether (sulfide) groups is 1. The quantitative estimate of drug-likeness (QED) is 0.618. The van der Waals surface area contributed by atoms with Gasteiger partial charge in [0, 0.05) is 29.6 Å². The number of anilines is 1. The molecule has 1 atom stereocenters. The molecule has 1 N–H and O–H groups in total. The number of aryl methyl sites for hydroxylation is 1. The van der Waals surface area contributed by atoms with Crippen LogP contribution in [0.15, 0.2) is 70.6 Å². The molecule has 0 fully saturated rings. The van der Waals surface area contributed by atoms with Gasteiger partial charge in [-0.05, 0) is 42.8 Å². The van der Waals surface area contributed by atoms with Crippen LogP contribution in [-0.4, -0.2) is 21.2 Å². The number of carbonyl (C=O) groups excluding carboxylic acids is 1. The standard InChI is InChI=1S/C22H21N3O3S/c1-2-15-12-21(27)25-17(14-29-22(25)24-15)13-20(26)23-16-8-10-19(11-9-16)28-18-6-4-3-5-7-18/h3-12,17H,2,13-14H2,1H3,(H,23,26). The number of nitrogens with zero attached hydrogens (tertiary/aromatic N) is 2. The van der Waals surface area contributed by atoms with E-state index >= 15 is 0 Å². The predicted octanol–water partition coefficient (Wildman–Crippen LogP) is 4.27. The molecule has 0 bridgehead atoms. The first kappa shape index (κ1) is 19.3. The molecule has 7 heteroatoms. The van der Waals surface area contributed by atoms with Crippen molar-refractivity contribution < 1.29 is 9.53 Å². The fraction of sp³-hybridized carbons (Fsp3) is 0.227. The normalized spacial score (nSPS) is 15.0. The smallest absolute Gasteiger partial charge is 0.254 e. The molecule has 1 aliphatic heterocycles. The molecule has 148 valence electrons. The zero-order valence-electron chi connectivity index (χ0n) is 16.0. The Kier molecular flexibility index (Phi) is 5.67. The molecule has 4 rings (SSSR count). The van der Waals surface area contributed by atoms with Gasteiger partial charge in [0.05, 0.1) is 6.04 Å². The average Bonchev–Trinajstić information content (AvgIpc) is 3.13. The van der Waals surface area contributed by atoms with E-state index in [2.05, 4.69) is 10.3 Å². The summed E-state index contributed by atoms with van der Waals surface area (Å²) in [4.78, 5) is 29.4. The topological polar surface area (TPSA) is 73.2 Å². The molecule has 0 aliphatic carbocycles. The molecule has 0 saturated heterocycles. The van der Waals surface area contributed by atoms with Crippen molar-refractivity contribution in [3.05, 3.63) is 76.7 Å². The van der Waals surface area contributed by atoms with Gasteiger partial charge in [0.25, 0.3) is 5.56 Å². The second-order valence-electron chi connectivity index (χ2n) is 6.75. The van der Waals surface area contributed by atoms with Crippen molar-refractivity contribution >= 4 is 23.4 Å². The molecule has 0 spiro atoms. The van der Waals surface area contributed by atoms with Crippen LogP contribution in [0.1, 0.15) is 25.1 Å². The van der Waals surface area contributed by atoms with Crippen molar-refractivity contribution in [1.82, 2.24) is 9.55 Å². The van der Waals surface area contributed by atoms with Gasteiger partial charge in [-0.3, -0.25) is 14.2 Å². The molecule has 29 heavy (non-hydrogen) atoms. The molecule has 1 aliphatic rings. The summed E-state index contributed by atoms with van der Waals surface area (Å²) in [5.41, 5.74) is 1.39. The Bertz CT molecular complexity index is 1060. The molecule has 1 aromatic heterocycles. The van der Waals surface area contributed by atoms with E-state index in [9.17, 15) is 9.59 Å². The zero-order valence-corrected chi connectivity index (χ0v) is 16.8. The highest BCUT2D eigenvalue weighted by atomic mass is 32.2. The first-order chi connectivity index (χ1) is 14.1. The van der Waals surface area contributed by atoms with Crippen molar-refractivity contribution in [3.63, 3.8) is 0 Å². The van der Waals surface area contributed by atoms with Crippen LogP contribution in [0.5, 0.6) is 11.5 Å². The summed E-state index contributed by atoms with van der Waals surface area (Å²) in [6, 6.07) is 18.1. The van der Waals surface area contributed by atoms with E-state index in [4.69, 9.17) is 4.74 Å². The highest BCUT2D eigenvalue weighted by Crippen LogP contribution is 2.32. The Hall–Kier alpha value is -3.06. The van der Waals surface area contributed by atoms with E-state index in [-0.39, 0.29) is 23.9 Å². The lowest BCUT2D eigenvalue weighted by Gasteiger charge is -2.14. The fourth-order valence-corrected chi connectivity index (χ4v) is 4.36. The van der Waals surface area contributed by atoms with Gasteiger partial charge < -0.3 is 10.1 Å². The summed E-state index contributed by atoms with van der Waals surface area (Å²) in [6.45, 7) is 1.97. The summed E-state index contributed by atoms with van der Waals surface area (Å²) in [5, 5.41) is 3.60. The van der Waals surface area contributed by atoms with Crippen LogP contribution >= 0.6 is 11.8 Å². The monoisotopic (exact) mass is 407 g/mol. The van der Waals surface area contributed by atoms with Gasteiger partial charge in [-0.25, -0.2) is 4.98 Å². The van der Waals surface area contributed by atoms with Crippen LogP contribution in [0, 0.1) is 0 Å². The lowest BCUT2D eigenvalue weighted by Crippen LogP contribution is -2.27. The van der Waals surface area contributed by atoms with Crippen molar-refractivity contribution in [1.29, 1.82) is 0 Å². The first-order valence-corrected chi connectivity index (χ1v) is 10.5. The second-order valence-corrected chi connectivity index (χ2v) is 7.74. The van der Waals surface area contributed by atoms with E-state index in [1.807, 2.05) is 49.4 Å². The van der Waals surface area contributed by atoms with Crippen LogP contribution in [0.3, 0.4) is 0 Å². The van der Waals surface area contributed by atoms with Crippen LogP contribution in [0.2, 0.25) is 0 Å². The molecule has 1 unspecified atom stereocenters. The number of ether oxygens (including phenoxy) is 1. The Labute approximate surface area is 172 Å². The number of carbonyl (C=O) groups is 1. The maximum absolute atomic E-state index is 12.5. The van der Waals surface area contributed by atoms with E-state index in [0.717, 1.165) is 17.9 Å². The minimum atomic E-state index is -0.179. The van der Waals surface area contributed by atoms with Gasteiger partial charge in [0.15, 0.2) is 5.16 Å². The number of aromatic nitrogens is 2. The molecular formula is C22H21N3O3S. The molecule has 3 aromatic rings. The lowest BCUT2D eigenvalue weighted by atomic mass is 10.2. The van der Waals surface area contributed by atoms with Crippen molar-refractivity contribution in [2.75, 3.05) is 11.1 Å². The van der Waals surface area contributed by atoms with E-state index in [0.29, 0.717) is 22.3 Å². The van der Waals surface area contributed by atoms with Crippen molar-refractivity contribution in [2.45, 2.75) is 31.0 Å². The van der Waals surface area contributed by atoms with Crippen LogP contribution < -0.4 is 15.6 Å². The SMILES string of the molecule is CCc1cc(=O)n2c(n1)SCC2CC(=O)Nc1ccc(Oc2ccccc2)cc1. The Morgan fingerprint density at radius 2 is 1.90 bits per heavy atom. The minimum Gasteiger partial charge on any atom is -0.457 e. The maximum Gasteiger partial charge on any atom is 0.254 e. The van der Waals surface area contributed by atoms with Crippen LogP contribution in [-0.2, 0) is 11.2 Å². The largest absolute Gasteiger partial charge is 0.457 e. The lowest BCUT2D eigenvalue weighted by molar-refractivity contribution is -0.116. The number of fused-ring (bicyclic) bond motifs is 1. The Morgan fingerprint density at radius 3 is 2.62 bits per heavy atom. The van der Waals surface area contributed by atoms with Gasteiger partial charge >= 0.3 is 0 Å². The number of rotatable bonds is 6. The van der Waals surface area contributed by atoms with Crippen LogP contribution in [0.4, 0.5) is 5.69 Å². The van der Waals surface area contributed by atoms with Gasteiger partial charge in [0.2, 0.25) is 5.91 Å². The highest BCUT2D eigenvalue weighted by Gasteiger charge is 2.27. The summed E-state index contributed by atoms with van der Waals surface area (Å²) in [6.07, 6.45) is 0.952. The fourth-order valence-electron chi connectivity index (χ4n) is 3.19. The number of hydrogen-bond donors (Lipinski definition) is 1. The number of nitrogens with one attached hydrogen (secondary N) is 1.